The predicted molar refractivity (Wildman–Crippen MR) is 116 cm³/mol. The van der Waals surface area contributed by atoms with Crippen molar-refractivity contribution in [3.05, 3.63) is 52.0 Å². The van der Waals surface area contributed by atoms with E-state index in [9.17, 15) is 18.0 Å². The zero-order valence-corrected chi connectivity index (χ0v) is 19.0. The third kappa shape index (κ3) is 7.24. The van der Waals surface area contributed by atoms with Crippen molar-refractivity contribution in [2.45, 2.75) is 32.6 Å². The van der Waals surface area contributed by atoms with Crippen LogP contribution in [0.4, 0.5) is 13.2 Å². The number of aromatic nitrogens is 1. The van der Waals surface area contributed by atoms with Crippen LogP contribution in [-0.4, -0.2) is 70.8 Å². The molecular formula is C22H26F3N3O4S. The number of aliphatic carboxylic acids is 1. The number of thiazole rings is 1. The van der Waals surface area contributed by atoms with Crippen molar-refractivity contribution in [1.82, 2.24) is 14.8 Å². The lowest BCUT2D eigenvalue weighted by molar-refractivity contribution is -0.192. The van der Waals surface area contributed by atoms with Crippen LogP contribution < -0.4 is 0 Å². The average molecular weight is 486 g/mol. The van der Waals surface area contributed by atoms with Gasteiger partial charge in [-0.3, -0.25) is 14.7 Å². The topological polar surface area (TPSA) is 83.0 Å². The van der Waals surface area contributed by atoms with Gasteiger partial charge in [0.2, 0.25) is 5.91 Å². The van der Waals surface area contributed by atoms with Crippen LogP contribution in [0.5, 0.6) is 0 Å². The molecule has 0 aliphatic carbocycles. The van der Waals surface area contributed by atoms with Gasteiger partial charge in [-0.1, -0.05) is 29.8 Å². The number of carboxylic acid groups (broad SMARTS) is 1. The normalized spacial score (nSPS) is 21.6. The van der Waals surface area contributed by atoms with Crippen LogP contribution in [0.15, 0.2) is 36.0 Å². The highest BCUT2D eigenvalue weighted by Gasteiger charge is 2.45. The Hall–Kier alpha value is -2.50. The Labute approximate surface area is 193 Å². The van der Waals surface area contributed by atoms with Crippen molar-refractivity contribution < 1.29 is 32.6 Å². The molecule has 7 nitrogen and oxygen atoms in total. The number of hydrogen-bond acceptors (Lipinski definition) is 6. The Morgan fingerprint density at radius 3 is 2.70 bits per heavy atom. The molecule has 0 saturated carbocycles. The molecule has 33 heavy (non-hydrogen) atoms. The largest absolute Gasteiger partial charge is 0.490 e. The number of hydrogen-bond donors (Lipinski definition) is 1. The number of halogens is 3. The van der Waals surface area contributed by atoms with Crippen LogP contribution in [-0.2, 0) is 27.4 Å². The summed E-state index contributed by atoms with van der Waals surface area (Å²) in [5.41, 5.74) is 4.34. The van der Waals surface area contributed by atoms with E-state index in [0.717, 1.165) is 37.7 Å². The standard InChI is InChI=1S/C20H25N3O2S.C2HF3O2/c1-16-3-2-4-17(7-16)10-22-5-6-25-14-20(12-22)8-19(24)23(13-20)11-18-9-21-15-26-18;3-2(4,5)1(6)7/h2-4,7,9,15H,5-6,8,10-14H2,1H3;(H,6,7). The van der Waals surface area contributed by atoms with Gasteiger partial charge >= 0.3 is 12.1 Å². The molecule has 1 amide bonds. The third-order valence-electron chi connectivity index (χ3n) is 5.49. The highest BCUT2D eigenvalue weighted by molar-refractivity contribution is 7.09. The average Bonchev–Trinajstić information content (AvgIpc) is 3.28. The van der Waals surface area contributed by atoms with Gasteiger partial charge in [-0.15, -0.1) is 11.3 Å². The van der Waals surface area contributed by atoms with Crippen molar-refractivity contribution in [2.24, 2.45) is 5.41 Å². The predicted octanol–water partition coefficient (Wildman–Crippen LogP) is 3.34. The second kappa shape index (κ2) is 10.6. The van der Waals surface area contributed by atoms with Gasteiger partial charge in [0.05, 0.1) is 25.3 Å². The van der Waals surface area contributed by atoms with Crippen molar-refractivity contribution in [2.75, 3.05) is 32.8 Å². The fraction of sp³-hybridized carbons (Fsp3) is 0.500. The van der Waals surface area contributed by atoms with Crippen LogP contribution in [0.3, 0.4) is 0 Å². The summed E-state index contributed by atoms with van der Waals surface area (Å²) in [5, 5.41) is 7.12. The Kier molecular flexibility index (Phi) is 8.09. The van der Waals surface area contributed by atoms with E-state index in [1.165, 1.54) is 11.1 Å². The molecule has 2 saturated heterocycles. The lowest BCUT2D eigenvalue weighted by Crippen LogP contribution is -2.40. The summed E-state index contributed by atoms with van der Waals surface area (Å²) >= 11 is 1.61. The number of rotatable bonds is 4. The third-order valence-corrected chi connectivity index (χ3v) is 6.25. The van der Waals surface area contributed by atoms with E-state index in [4.69, 9.17) is 14.6 Å². The van der Waals surface area contributed by atoms with Gasteiger partial charge in [0, 0.05) is 49.1 Å². The van der Waals surface area contributed by atoms with Gasteiger partial charge in [-0.25, -0.2) is 4.79 Å². The zero-order chi connectivity index (χ0) is 24.1. The molecule has 2 fully saturated rings. The molecule has 1 aromatic carbocycles. The molecule has 1 aromatic heterocycles. The van der Waals surface area contributed by atoms with Gasteiger partial charge in [0.25, 0.3) is 0 Å². The minimum atomic E-state index is -5.08. The van der Waals surface area contributed by atoms with Gasteiger partial charge in [0.1, 0.15) is 0 Å². The number of nitrogens with zero attached hydrogens (tertiary/aromatic N) is 3. The number of likely N-dealkylation sites (tertiary alicyclic amines) is 1. The first kappa shape index (κ1) is 25.1. The van der Waals surface area contributed by atoms with Crippen LogP contribution in [0.2, 0.25) is 0 Å². The molecule has 1 atom stereocenters. The number of aryl methyl sites for hydroxylation is 1. The second-order valence-corrected chi connectivity index (χ2v) is 9.42. The Bertz CT molecular complexity index is 955. The second-order valence-electron chi connectivity index (χ2n) is 8.45. The summed E-state index contributed by atoms with van der Waals surface area (Å²) < 4.78 is 37.7. The summed E-state index contributed by atoms with van der Waals surface area (Å²) in [5.74, 6) is -2.52. The minimum Gasteiger partial charge on any atom is -0.475 e. The lowest BCUT2D eigenvalue weighted by atomic mass is 9.87. The summed E-state index contributed by atoms with van der Waals surface area (Å²) in [4.78, 5) is 31.2. The summed E-state index contributed by atoms with van der Waals surface area (Å²) in [6.45, 7) is 7.71. The molecule has 1 N–H and O–H groups in total. The highest BCUT2D eigenvalue weighted by atomic mass is 32.1. The monoisotopic (exact) mass is 485 g/mol. The quantitative estimate of drug-likeness (QED) is 0.716. The Morgan fingerprint density at radius 2 is 2.06 bits per heavy atom. The van der Waals surface area contributed by atoms with E-state index in [1.807, 2.05) is 16.6 Å². The van der Waals surface area contributed by atoms with Crippen molar-refractivity contribution in [3.8, 4) is 0 Å². The summed E-state index contributed by atoms with van der Waals surface area (Å²) in [6, 6.07) is 8.67. The zero-order valence-electron chi connectivity index (χ0n) is 18.2. The fourth-order valence-corrected chi connectivity index (χ4v) is 4.73. The smallest absolute Gasteiger partial charge is 0.475 e. The van der Waals surface area contributed by atoms with Gasteiger partial charge < -0.3 is 14.7 Å². The number of amides is 1. The van der Waals surface area contributed by atoms with Gasteiger partial charge in [-0.2, -0.15) is 13.2 Å². The summed E-state index contributed by atoms with van der Waals surface area (Å²) in [6.07, 6.45) is -2.65. The summed E-state index contributed by atoms with van der Waals surface area (Å²) in [7, 11) is 0. The van der Waals surface area contributed by atoms with E-state index in [1.54, 1.807) is 11.3 Å². The van der Waals surface area contributed by atoms with Gasteiger partial charge in [-0.05, 0) is 12.5 Å². The molecule has 2 aliphatic heterocycles. The van der Waals surface area contributed by atoms with Gasteiger partial charge in [0.15, 0.2) is 0 Å². The first-order valence-electron chi connectivity index (χ1n) is 10.4. The molecule has 4 rings (SSSR count). The van der Waals surface area contributed by atoms with E-state index >= 15 is 0 Å². The number of benzene rings is 1. The molecule has 2 aromatic rings. The van der Waals surface area contributed by atoms with E-state index in [0.29, 0.717) is 19.6 Å². The molecule has 3 heterocycles. The molecular weight excluding hydrogens is 459 g/mol. The van der Waals surface area contributed by atoms with Crippen LogP contribution in [0, 0.1) is 12.3 Å². The Balaban J connectivity index is 0.000000383. The highest BCUT2D eigenvalue weighted by Crippen LogP contribution is 2.35. The molecule has 1 spiro atoms. The number of ether oxygens (including phenoxy) is 1. The maximum absolute atomic E-state index is 12.6. The molecule has 0 radical (unpaired) electrons. The maximum atomic E-state index is 12.6. The fourth-order valence-electron chi connectivity index (χ4n) is 4.12. The number of carbonyl (C=O) groups excluding carboxylic acids is 1. The molecule has 11 heteroatoms. The van der Waals surface area contributed by atoms with E-state index in [-0.39, 0.29) is 11.3 Å². The molecule has 0 bridgehead atoms. The minimum absolute atomic E-state index is 0.0951. The first-order valence-corrected chi connectivity index (χ1v) is 11.3. The Morgan fingerprint density at radius 1 is 1.30 bits per heavy atom. The maximum Gasteiger partial charge on any atom is 0.490 e. The van der Waals surface area contributed by atoms with Crippen LogP contribution in [0.1, 0.15) is 22.4 Å². The first-order chi connectivity index (χ1) is 15.6. The SMILES string of the molecule is Cc1cccc(CN2CCOCC3(CC(=O)N(Cc4cncs4)C3)C2)c1.O=C(O)C(F)(F)F. The number of alkyl halides is 3. The van der Waals surface area contributed by atoms with E-state index < -0.39 is 12.1 Å². The lowest BCUT2D eigenvalue weighted by Gasteiger charge is -2.31. The van der Waals surface area contributed by atoms with Crippen molar-refractivity contribution in [3.63, 3.8) is 0 Å². The number of carboxylic acids is 1. The van der Waals surface area contributed by atoms with Crippen molar-refractivity contribution in [1.29, 1.82) is 0 Å². The molecule has 180 valence electrons. The van der Waals surface area contributed by atoms with E-state index in [2.05, 4.69) is 41.1 Å². The number of carbonyl (C=O) groups is 2. The van der Waals surface area contributed by atoms with Crippen molar-refractivity contribution >= 4 is 23.2 Å². The van der Waals surface area contributed by atoms with Crippen LogP contribution in [0.25, 0.3) is 0 Å². The van der Waals surface area contributed by atoms with Crippen LogP contribution >= 0.6 is 11.3 Å². The molecule has 1 unspecified atom stereocenters. The molecule has 2 aliphatic rings.